The molecule has 0 spiro atoms. The van der Waals surface area contributed by atoms with Gasteiger partial charge in [-0.15, -0.1) is 0 Å². The molecule has 3 rings (SSSR count). The van der Waals surface area contributed by atoms with E-state index in [0.717, 1.165) is 22.3 Å². The second-order valence-corrected chi connectivity index (χ2v) is 5.91. The van der Waals surface area contributed by atoms with Crippen molar-refractivity contribution >= 4 is 11.5 Å². The van der Waals surface area contributed by atoms with Gasteiger partial charge in [-0.3, -0.25) is 0 Å². The SMILES string of the molecule is COc1ccc(C(=CC(=O)O)c2ccc(-c3ccccc3)cc2)cc1OC. The van der Waals surface area contributed by atoms with Crippen LogP contribution in [0.4, 0.5) is 0 Å². The van der Waals surface area contributed by atoms with Crippen LogP contribution in [0, 0.1) is 0 Å². The van der Waals surface area contributed by atoms with Crippen LogP contribution in [0.15, 0.2) is 78.9 Å². The van der Waals surface area contributed by atoms with Crippen molar-refractivity contribution < 1.29 is 19.4 Å². The standard InChI is InChI=1S/C23H20O4/c1-26-21-13-12-19(14-22(21)27-2)20(15-23(24)25)18-10-8-17(9-11-18)16-6-4-3-5-7-16/h3-15H,1-2H3,(H,24,25). The van der Waals surface area contributed by atoms with Crippen molar-refractivity contribution in [3.63, 3.8) is 0 Å². The normalized spacial score (nSPS) is 11.1. The second kappa shape index (κ2) is 8.23. The van der Waals surface area contributed by atoms with E-state index in [2.05, 4.69) is 0 Å². The number of hydrogen-bond donors (Lipinski definition) is 1. The number of carboxylic acid groups (broad SMARTS) is 1. The lowest BCUT2D eigenvalue weighted by Crippen LogP contribution is -1.97. The van der Waals surface area contributed by atoms with Crippen LogP contribution >= 0.6 is 0 Å². The molecule has 0 unspecified atom stereocenters. The monoisotopic (exact) mass is 360 g/mol. The van der Waals surface area contributed by atoms with Gasteiger partial charge < -0.3 is 14.6 Å². The first kappa shape index (κ1) is 18.3. The smallest absolute Gasteiger partial charge is 0.328 e. The van der Waals surface area contributed by atoms with E-state index in [-0.39, 0.29) is 0 Å². The van der Waals surface area contributed by atoms with Gasteiger partial charge in [0.1, 0.15) is 0 Å². The fourth-order valence-electron chi connectivity index (χ4n) is 2.93. The number of benzene rings is 3. The summed E-state index contributed by atoms with van der Waals surface area (Å²) in [4.78, 5) is 11.4. The highest BCUT2D eigenvalue weighted by Gasteiger charge is 2.12. The molecule has 0 saturated carbocycles. The Hall–Kier alpha value is -3.53. The molecule has 0 aliphatic carbocycles. The lowest BCUT2D eigenvalue weighted by atomic mass is 9.95. The molecular formula is C23H20O4. The van der Waals surface area contributed by atoms with E-state index in [1.807, 2.05) is 60.7 Å². The summed E-state index contributed by atoms with van der Waals surface area (Å²) in [5, 5.41) is 9.33. The molecule has 136 valence electrons. The van der Waals surface area contributed by atoms with Crippen molar-refractivity contribution in [3.05, 3.63) is 90.0 Å². The fraction of sp³-hybridized carbons (Fsp3) is 0.0870. The number of carboxylic acids is 1. The molecule has 4 heteroatoms. The highest BCUT2D eigenvalue weighted by Crippen LogP contribution is 2.33. The zero-order chi connectivity index (χ0) is 19.2. The molecule has 0 atom stereocenters. The summed E-state index contributed by atoms with van der Waals surface area (Å²) in [5.74, 6) is 0.134. The Morgan fingerprint density at radius 2 is 1.37 bits per heavy atom. The summed E-state index contributed by atoms with van der Waals surface area (Å²) in [5.41, 5.74) is 4.33. The summed E-state index contributed by atoms with van der Waals surface area (Å²) in [6, 6.07) is 23.2. The van der Waals surface area contributed by atoms with Crippen LogP contribution < -0.4 is 9.47 Å². The van der Waals surface area contributed by atoms with Crippen LogP contribution in [0.2, 0.25) is 0 Å². The third-order valence-electron chi connectivity index (χ3n) is 4.27. The van der Waals surface area contributed by atoms with Crippen molar-refractivity contribution in [2.75, 3.05) is 14.2 Å². The van der Waals surface area contributed by atoms with E-state index in [9.17, 15) is 9.90 Å². The Labute approximate surface area is 158 Å². The van der Waals surface area contributed by atoms with Crippen LogP contribution in [-0.2, 0) is 4.79 Å². The molecule has 0 amide bonds. The molecule has 0 fully saturated rings. The van der Waals surface area contributed by atoms with Gasteiger partial charge >= 0.3 is 5.97 Å². The van der Waals surface area contributed by atoms with E-state index in [0.29, 0.717) is 17.1 Å². The Balaban J connectivity index is 2.03. The number of ether oxygens (including phenoxy) is 2. The van der Waals surface area contributed by atoms with Crippen LogP contribution in [0.5, 0.6) is 11.5 Å². The van der Waals surface area contributed by atoms with Gasteiger partial charge in [-0.2, -0.15) is 0 Å². The lowest BCUT2D eigenvalue weighted by molar-refractivity contribution is -0.131. The van der Waals surface area contributed by atoms with Crippen LogP contribution in [0.25, 0.3) is 16.7 Å². The summed E-state index contributed by atoms with van der Waals surface area (Å²) in [6.07, 6.45) is 1.21. The first-order chi connectivity index (χ1) is 13.1. The average molecular weight is 360 g/mol. The minimum Gasteiger partial charge on any atom is -0.493 e. The Kier molecular flexibility index (Phi) is 5.57. The third kappa shape index (κ3) is 4.18. The first-order valence-corrected chi connectivity index (χ1v) is 8.45. The molecule has 1 N–H and O–H groups in total. The predicted octanol–water partition coefficient (Wildman–Crippen LogP) is 4.89. The number of rotatable bonds is 6. The van der Waals surface area contributed by atoms with E-state index in [4.69, 9.17) is 9.47 Å². The van der Waals surface area contributed by atoms with Crippen molar-refractivity contribution in [3.8, 4) is 22.6 Å². The summed E-state index contributed by atoms with van der Waals surface area (Å²) in [7, 11) is 3.12. The van der Waals surface area contributed by atoms with Gasteiger partial charge in [-0.05, 0) is 40.0 Å². The lowest BCUT2D eigenvalue weighted by Gasteiger charge is -2.13. The maximum atomic E-state index is 11.4. The Morgan fingerprint density at radius 1 is 0.778 bits per heavy atom. The zero-order valence-electron chi connectivity index (χ0n) is 15.2. The minimum absolute atomic E-state index is 0.548. The Bertz CT molecular complexity index is 957. The molecule has 0 radical (unpaired) electrons. The average Bonchev–Trinajstić information content (AvgIpc) is 2.72. The molecule has 0 saturated heterocycles. The van der Waals surface area contributed by atoms with Gasteiger partial charge in [0.05, 0.1) is 14.2 Å². The topological polar surface area (TPSA) is 55.8 Å². The molecule has 0 aliphatic rings. The number of hydrogen-bond acceptors (Lipinski definition) is 3. The molecule has 0 heterocycles. The fourth-order valence-corrected chi connectivity index (χ4v) is 2.93. The van der Waals surface area contributed by atoms with Crippen LogP contribution in [0.3, 0.4) is 0 Å². The quantitative estimate of drug-likeness (QED) is 0.636. The van der Waals surface area contributed by atoms with Crippen molar-refractivity contribution in [1.29, 1.82) is 0 Å². The van der Waals surface area contributed by atoms with Gasteiger partial charge in [0.15, 0.2) is 11.5 Å². The van der Waals surface area contributed by atoms with Gasteiger partial charge in [0, 0.05) is 6.08 Å². The van der Waals surface area contributed by atoms with E-state index in [1.165, 1.54) is 6.08 Å². The van der Waals surface area contributed by atoms with Crippen molar-refractivity contribution in [2.24, 2.45) is 0 Å². The zero-order valence-corrected chi connectivity index (χ0v) is 15.2. The van der Waals surface area contributed by atoms with Gasteiger partial charge in [0.25, 0.3) is 0 Å². The molecule has 4 nitrogen and oxygen atoms in total. The largest absolute Gasteiger partial charge is 0.493 e. The van der Waals surface area contributed by atoms with E-state index < -0.39 is 5.97 Å². The molecule has 0 aromatic heterocycles. The van der Waals surface area contributed by atoms with Gasteiger partial charge in [-0.1, -0.05) is 60.7 Å². The summed E-state index contributed by atoms with van der Waals surface area (Å²) in [6.45, 7) is 0. The molecular weight excluding hydrogens is 340 g/mol. The maximum absolute atomic E-state index is 11.4. The minimum atomic E-state index is -1.01. The third-order valence-corrected chi connectivity index (χ3v) is 4.27. The van der Waals surface area contributed by atoms with Crippen molar-refractivity contribution in [1.82, 2.24) is 0 Å². The van der Waals surface area contributed by atoms with Gasteiger partial charge in [0.2, 0.25) is 0 Å². The molecule has 27 heavy (non-hydrogen) atoms. The summed E-state index contributed by atoms with van der Waals surface area (Å²) < 4.78 is 10.6. The highest BCUT2D eigenvalue weighted by atomic mass is 16.5. The van der Waals surface area contributed by atoms with Crippen LogP contribution in [-0.4, -0.2) is 25.3 Å². The maximum Gasteiger partial charge on any atom is 0.328 e. The molecule has 3 aromatic carbocycles. The highest BCUT2D eigenvalue weighted by molar-refractivity contribution is 5.95. The molecule has 0 bridgehead atoms. The number of aliphatic carboxylic acids is 1. The second-order valence-electron chi connectivity index (χ2n) is 5.91. The van der Waals surface area contributed by atoms with E-state index in [1.54, 1.807) is 26.4 Å². The number of methoxy groups -OCH3 is 2. The van der Waals surface area contributed by atoms with Gasteiger partial charge in [-0.25, -0.2) is 4.79 Å². The first-order valence-electron chi connectivity index (χ1n) is 8.45. The van der Waals surface area contributed by atoms with E-state index >= 15 is 0 Å². The Morgan fingerprint density at radius 3 is 1.96 bits per heavy atom. The van der Waals surface area contributed by atoms with Crippen LogP contribution in [0.1, 0.15) is 11.1 Å². The number of carbonyl (C=O) groups is 1. The molecule has 0 aliphatic heterocycles. The van der Waals surface area contributed by atoms with Crippen molar-refractivity contribution in [2.45, 2.75) is 0 Å². The summed E-state index contributed by atoms with van der Waals surface area (Å²) >= 11 is 0. The molecule has 3 aromatic rings. The predicted molar refractivity (Wildman–Crippen MR) is 106 cm³/mol.